The summed E-state index contributed by atoms with van der Waals surface area (Å²) in [5, 5.41) is 15.0. The second-order valence-corrected chi connectivity index (χ2v) is 6.01. The van der Waals surface area contributed by atoms with E-state index in [1.165, 1.54) is 12.1 Å². The van der Waals surface area contributed by atoms with Gasteiger partial charge >= 0.3 is 0 Å². The van der Waals surface area contributed by atoms with E-state index in [0.717, 1.165) is 5.56 Å². The number of aryl methyl sites for hydroxylation is 1. The molecule has 0 spiro atoms. The summed E-state index contributed by atoms with van der Waals surface area (Å²) < 4.78 is 1.73. The number of hydrogen-bond acceptors (Lipinski definition) is 5. The lowest BCUT2D eigenvalue weighted by atomic mass is 10.2. The number of nitro benzene ring substituents is 1. The van der Waals surface area contributed by atoms with Crippen molar-refractivity contribution in [1.29, 1.82) is 0 Å². The maximum atomic E-state index is 12.7. The van der Waals surface area contributed by atoms with Gasteiger partial charge in [0.25, 0.3) is 5.69 Å². The minimum Gasteiger partial charge on any atom is -0.311 e. The summed E-state index contributed by atoms with van der Waals surface area (Å²) in [6.07, 6.45) is 4.40. The lowest BCUT2D eigenvalue weighted by Gasteiger charge is -2.23. The first-order valence-corrected chi connectivity index (χ1v) is 7.69. The fourth-order valence-electron chi connectivity index (χ4n) is 3.06. The average molecular weight is 329 g/mol. The van der Waals surface area contributed by atoms with Crippen LogP contribution in [0.25, 0.3) is 0 Å². The van der Waals surface area contributed by atoms with Crippen molar-refractivity contribution < 1.29 is 9.72 Å². The quantitative estimate of drug-likeness (QED) is 0.614. The van der Waals surface area contributed by atoms with Crippen LogP contribution in [0.3, 0.4) is 0 Å². The molecule has 1 aromatic heterocycles. The second kappa shape index (κ2) is 6.40. The molecular weight excluding hydrogens is 310 g/mol. The molecule has 0 unspecified atom stereocenters. The van der Waals surface area contributed by atoms with Crippen molar-refractivity contribution in [3.63, 3.8) is 0 Å². The summed E-state index contributed by atoms with van der Waals surface area (Å²) in [6.45, 7) is 1.19. The first-order chi connectivity index (χ1) is 11.5. The Labute approximate surface area is 139 Å². The lowest BCUT2D eigenvalue weighted by molar-refractivity contribution is -0.384. The van der Waals surface area contributed by atoms with Crippen LogP contribution in [-0.4, -0.2) is 45.1 Å². The molecule has 2 aromatic rings. The zero-order valence-electron chi connectivity index (χ0n) is 13.6. The molecular formula is C16H19N5O3. The van der Waals surface area contributed by atoms with Gasteiger partial charge in [-0.3, -0.25) is 24.5 Å². The van der Waals surface area contributed by atoms with Crippen LogP contribution in [0.5, 0.6) is 0 Å². The summed E-state index contributed by atoms with van der Waals surface area (Å²) in [5.74, 6) is -0.0260. The molecule has 0 radical (unpaired) electrons. The molecule has 24 heavy (non-hydrogen) atoms. The monoisotopic (exact) mass is 329 g/mol. The van der Waals surface area contributed by atoms with Crippen LogP contribution >= 0.6 is 0 Å². The molecule has 8 heteroatoms. The van der Waals surface area contributed by atoms with Gasteiger partial charge < -0.3 is 4.90 Å². The number of carbonyl (C=O) groups excluding carboxylic acids is 1. The summed E-state index contributed by atoms with van der Waals surface area (Å²) in [5.41, 5.74) is 1.61. The number of amides is 1. The highest BCUT2D eigenvalue weighted by Crippen LogP contribution is 2.27. The fraction of sp³-hybridized carbons (Fsp3) is 0.375. The molecule has 2 heterocycles. The fourth-order valence-corrected chi connectivity index (χ4v) is 3.06. The molecule has 1 amide bonds. The molecule has 1 saturated heterocycles. The van der Waals surface area contributed by atoms with Crippen LogP contribution in [0.1, 0.15) is 12.0 Å². The Morgan fingerprint density at radius 2 is 2.25 bits per heavy atom. The second-order valence-electron chi connectivity index (χ2n) is 6.01. The number of non-ortho nitro benzene ring substituents is 1. The van der Waals surface area contributed by atoms with Gasteiger partial charge in [0.05, 0.1) is 22.8 Å². The molecule has 0 saturated carbocycles. The third-order valence-corrected chi connectivity index (χ3v) is 4.25. The van der Waals surface area contributed by atoms with E-state index >= 15 is 0 Å². The van der Waals surface area contributed by atoms with Crippen molar-refractivity contribution in [1.82, 2.24) is 14.7 Å². The number of carbonyl (C=O) groups is 1. The van der Waals surface area contributed by atoms with Gasteiger partial charge in [0.1, 0.15) is 0 Å². The molecule has 1 aromatic carbocycles. The highest BCUT2D eigenvalue weighted by atomic mass is 16.6. The van der Waals surface area contributed by atoms with Gasteiger partial charge in [-0.15, -0.1) is 0 Å². The third-order valence-electron chi connectivity index (χ3n) is 4.25. The largest absolute Gasteiger partial charge is 0.311 e. The maximum absolute atomic E-state index is 12.7. The van der Waals surface area contributed by atoms with Crippen LogP contribution in [0.15, 0.2) is 36.7 Å². The number of aromatic nitrogens is 2. The van der Waals surface area contributed by atoms with E-state index in [4.69, 9.17) is 0 Å². The molecule has 1 fully saturated rings. The number of benzene rings is 1. The topological polar surface area (TPSA) is 84.5 Å². The van der Waals surface area contributed by atoms with Crippen LogP contribution < -0.4 is 4.90 Å². The molecule has 1 aliphatic heterocycles. The van der Waals surface area contributed by atoms with E-state index in [2.05, 4.69) is 5.10 Å². The summed E-state index contributed by atoms with van der Waals surface area (Å²) in [4.78, 5) is 26.8. The summed E-state index contributed by atoms with van der Waals surface area (Å²) in [6, 6.07) is 5.98. The Bertz CT molecular complexity index is 773. The Morgan fingerprint density at radius 3 is 2.92 bits per heavy atom. The molecule has 0 N–H and O–H groups in total. The van der Waals surface area contributed by atoms with E-state index in [9.17, 15) is 14.9 Å². The average Bonchev–Trinajstić information content (AvgIpc) is 3.13. The Balaban J connectivity index is 1.72. The van der Waals surface area contributed by atoms with Crippen LogP contribution in [0.2, 0.25) is 0 Å². The van der Waals surface area contributed by atoms with Gasteiger partial charge in [-0.25, -0.2) is 0 Å². The van der Waals surface area contributed by atoms with E-state index in [0.29, 0.717) is 25.2 Å². The van der Waals surface area contributed by atoms with Crippen LogP contribution in [0, 0.1) is 10.1 Å². The molecule has 0 aliphatic carbocycles. The van der Waals surface area contributed by atoms with Gasteiger partial charge in [0.2, 0.25) is 5.91 Å². The number of rotatable bonds is 5. The van der Waals surface area contributed by atoms with Crippen molar-refractivity contribution in [2.75, 3.05) is 18.5 Å². The highest BCUT2D eigenvalue weighted by Gasteiger charge is 2.35. The maximum Gasteiger partial charge on any atom is 0.271 e. The number of likely N-dealkylation sites (N-methyl/N-ethyl adjacent to an activating group) is 1. The molecule has 1 aliphatic rings. The number of nitro groups is 1. The first-order valence-electron chi connectivity index (χ1n) is 7.69. The highest BCUT2D eigenvalue weighted by molar-refractivity contribution is 5.99. The SMILES string of the molecule is CN(Cc1cnn(C)c1)[C@@H]1CCN(c2cccc([N+](=O)[O-])c2)C1=O. The predicted molar refractivity (Wildman–Crippen MR) is 88.5 cm³/mol. The number of hydrogen-bond donors (Lipinski definition) is 0. The van der Waals surface area contributed by atoms with Gasteiger partial charge in [-0.1, -0.05) is 6.07 Å². The third kappa shape index (κ3) is 3.13. The normalized spacial score (nSPS) is 17.7. The predicted octanol–water partition coefficient (Wildman–Crippen LogP) is 1.57. The zero-order valence-corrected chi connectivity index (χ0v) is 13.6. The zero-order chi connectivity index (χ0) is 17.3. The lowest BCUT2D eigenvalue weighted by Crippen LogP contribution is -2.39. The van der Waals surface area contributed by atoms with Gasteiger partial charge in [0, 0.05) is 44.0 Å². The molecule has 3 rings (SSSR count). The van der Waals surface area contributed by atoms with Gasteiger partial charge in [0.15, 0.2) is 0 Å². The van der Waals surface area contributed by atoms with Crippen LogP contribution in [0.4, 0.5) is 11.4 Å². The molecule has 8 nitrogen and oxygen atoms in total. The Kier molecular flexibility index (Phi) is 4.30. The number of nitrogens with zero attached hydrogens (tertiary/aromatic N) is 5. The van der Waals surface area contributed by atoms with Crippen molar-refractivity contribution in [3.05, 3.63) is 52.3 Å². The summed E-state index contributed by atoms with van der Waals surface area (Å²) in [7, 11) is 3.76. The van der Waals surface area contributed by atoms with Crippen molar-refractivity contribution in [2.45, 2.75) is 19.0 Å². The van der Waals surface area contributed by atoms with E-state index in [-0.39, 0.29) is 17.6 Å². The summed E-state index contributed by atoms with van der Waals surface area (Å²) >= 11 is 0. The Hall–Kier alpha value is -2.74. The van der Waals surface area contributed by atoms with E-state index < -0.39 is 4.92 Å². The van der Waals surface area contributed by atoms with Crippen molar-refractivity contribution in [3.8, 4) is 0 Å². The molecule has 1 atom stereocenters. The minimum absolute atomic E-state index is 0.00698. The number of anilines is 1. The van der Waals surface area contributed by atoms with E-state index in [1.807, 2.05) is 25.2 Å². The van der Waals surface area contributed by atoms with Gasteiger partial charge in [-0.05, 0) is 19.5 Å². The van der Waals surface area contributed by atoms with E-state index in [1.54, 1.807) is 27.9 Å². The smallest absolute Gasteiger partial charge is 0.271 e. The van der Waals surface area contributed by atoms with Crippen molar-refractivity contribution >= 4 is 17.3 Å². The standard InChI is InChI=1S/C16H19N5O3/c1-18(10-12-9-17-19(2)11-12)15-6-7-20(16(15)22)13-4-3-5-14(8-13)21(23)24/h3-5,8-9,11,15H,6-7,10H2,1-2H3/t15-/m1/s1. The molecule has 0 bridgehead atoms. The van der Waals surface area contributed by atoms with Crippen molar-refractivity contribution in [2.24, 2.45) is 7.05 Å². The first kappa shape index (κ1) is 16.1. The van der Waals surface area contributed by atoms with Crippen LogP contribution in [-0.2, 0) is 18.4 Å². The van der Waals surface area contributed by atoms with Gasteiger partial charge in [-0.2, -0.15) is 5.10 Å². The minimum atomic E-state index is -0.448. The Morgan fingerprint density at radius 1 is 1.46 bits per heavy atom. The molecule has 126 valence electrons.